The quantitative estimate of drug-likeness (QED) is 0.230. The Morgan fingerprint density at radius 2 is 1.76 bits per heavy atom. The van der Waals surface area contributed by atoms with Gasteiger partial charge < -0.3 is 9.47 Å². The summed E-state index contributed by atoms with van der Waals surface area (Å²) in [5.74, 6) is -0.458. The Morgan fingerprint density at radius 1 is 1.10 bits per heavy atom. The SMILES string of the molecule is C=C1CCCC(C)(C)[C@@H]1CC/C(C)=C/CC/C(C)=C/COC(=O)CC(=O)OCC. The summed E-state index contributed by atoms with van der Waals surface area (Å²) < 4.78 is 9.78. The van der Waals surface area contributed by atoms with Gasteiger partial charge in [-0.05, 0) is 83.1 Å². The van der Waals surface area contributed by atoms with E-state index in [4.69, 9.17) is 9.47 Å². The lowest BCUT2D eigenvalue weighted by Gasteiger charge is -2.40. The first kappa shape index (κ1) is 25.2. The molecular weight excluding hydrogens is 364 g/mol. The fourth-order valence-corrected chi connectivity index (χ4v) is 4.05. The van der Waals surface area contributed by atoms with E-state index >= 15 is 0 Å². The van der Waals surface area contributed by atoms with Crippen LogP contribution in [-0.2, 0) is 19.1 Å². The molecule has 0 saturated heterocycles. The van der Waals surface area contributed by atoms with Crippen LogP contribution in [-0.4, -0.2) is 25.2 Å². The molecule has 29 heavy (non-hydrogen) atoms. The van der Waals surface area contributed by atoms with E-state index in [0.717, 1.165) is 19.3 Å². The molecule has 1 saturated carbocycles. The van der Waals surface area contributed by atoms with Gasteiger partial charge in [-0.2, -0.15) is 0 Å². The van der Waals surface area contributed by atoms with Crippen LogP contribution in [0.4, 0.5) is 0 Å². The van der Waals surface area contributed by atoms with Gasteiger partial charge in [0.2, 0.25) is 0 Å². The number of allylic oxidation sites excluding steroid dienone is 4. The summed E-state index contributed by atoms with van der Waals surface area (Å²) in [7, 11) is 0. The zero-order valence-electron chi connectivity index (χ0n) is 19.1. The first-order valence-electron chi connectivity index (χ1n) is 11.0. The maximum Gasteiger partial charge on any atom is 0.317 e. The Balaban J connectivity index is 2.30. The lowest BCUT2D eigenvalue weighted by molar-refractivity contribution is -0.153. The van der Waals surface area contributed by atoms with Gasteiger partial charge >= 0.3 is 11.9 Å². The molecule has 0 heterocycles. The maximum absolute atomic E-state index is 11.5. The molecule has 0 unspecified atom stereocenters. The summed E-state index contributed by atoms with van der Waals surface area (Å²) >= 11 is 0. The normalized spacial score (nSPS) is 19.8. The molecule has 1 aliphatic carbocycles. The zero-order chi connectivity index (χ0) is 21.9. The molecule has 1 rings (SSSR count). The Morgan fingerprint density at radius 3 is 2.41 bits per heavy atom. The third kappa shape index (κ3) is 9.96. The van der Waals surface area contributed by atoms with Crippen molar-refractivity contribution < 1.29 is 19.1 Å². The first-order chi connectivity index (χ1) is 13.7. The lowest BCUT2D eigenvalue weighted by atomic mass is 9.65. The van der Waals surface area contributed by atoms with Gasteiger partial charge in [0.1, 0.15) is 13.0 Å². The summed E-state index contributed by atoms with van der Waals surface area (Å²) in [4.78, 5) is 22.7. The summed E-state index contributed by atoms with van der Waals surface area (Å²) in [6.45, 7) is 15.5. The van der Waals surface area contributed by atoms with Crippen molar-refractivity contribution in [3.63, 3.8) is 0 Å². The van der Waals surface area contributed by atoms with E-state index < -0.39 is 11.9 Å². The van der Waals surface area contributed by atoms with Crippen molar-refractivity contribution in [2.24, 2.45) is 11.3 Å². The molecule has 164 valence electrons. The molecule has 4 heteroatoms. The summed E-state index contributed by atoms with van der Waals surface area (Å²) in [5, 5.41) is 0. The highest BCUT2D eigenvalue weighted by molar-refractivity contribution is 5.91. The Hall–Kier alpha value is -1.84. The summed E-state index contributed by atoms with van der Waals surface area (Å²) in [6, 6.07) is 0. The fraction of sp³-hybridized carbons (Fsp3) is 0.680. The predicted molar refractivity (Wildman–Crippen MR) is 118 cm³/mol. The third-order valence-electron chi connectivity index (χ3n) is 5.88. The van der Waals surface area contributed by atoms with Crippen molar-refractivity contribution in [3.05, 3.63) is 35.5 Å². The average molecular weight is 405 g/mol. The van der Waals surface area contributed by atoms with Gasteiger partial charge in [0.25, 0.3) is 0 Å². The molecule has 0 aromatic carbocycles. The molecule has 0 aromatic rings. The van der Waals surface area contributed by atoms with Gasteiger partial charge in [-0.15, -0.1) is 0 Å². The first-order valence-corrected chi connectivity index (χ1v) is 11.0. The monoisotopic (exact) mass is 404 g/mol. The number of hydrogen-bond donors (Lipinski definition) is 0. The molecule has 0 bridgehead atoms. The molecule has 1 aliphatic rings. The molecule has 0 amide bonds. The highest BCUT2D eigenvalue weighted by atomic mass is 16.6. The summed E-state index contributed by atoms with van der Waals surface area (Å²) in [5.41, 5.74) is 4.43. The fourth-order valence-electron chi connectivity index (χ4n) is 4.05. The summed E-state index contributed by atoms with van der Waals surface area (Å²) in [6.07, 6.45) is 11.9. The average Bonchev–Trinajstić information content (AvgIpc) is 2.60. The van der Waals surface area contributed by atoms with Gasteiger partial charge in [0.15, 0.2) is 0 Å². The molecule has 1 fully saturated rings. The van der Waals surface area contributed by atoms with Crippen molar-refractivity contribution in [1.29, 1.82) is 0 Å². The van der Waals surface area contributed by atoms with E-state index in [1.54, 1.807) is 6.92 Å². The standard InChI is InChI=1S/C25H40O4/c1-7-28-23(26)18-24(27)29-17-15-20(3)11-8-10-19(2)13-14-22-21(4)12-9-16-25(22,5)6/h10,15,22H,4,7-9,11-14,16-18H2,1-3,5-6H3/b19-10+,20-15+/t22-/m1/s1. The Bertz CT molecular complexity index is 625. The number of esters is 2. The Labute approximate surface area is 177 Å². The lowest BCUT2D eigenvalue weighted by Crippen LogP contribution is -2.29. The number of rotatable bonds is 11. The third-order valence-corrected chi connectivity index (χ3v) is 5.88. The van der Waals surface area contributed by atoms with Crippen LogP contribution in [0.5, 0.6) is 0 Å². The van der Waals surface area contributed by atoms with Crippen LogP contribution in [0.1, 0.15) is 86.0 Å². The molecule has 1 atom stereocenters. The Kier molecular flexibility index (Phi) is 11.0. The molecule has 0 aliphatic heterocycles. The van der Waals surface area contributed by atoms with E-state index in [0.29, 0.717) is 11.3 Å². The molecule has 0 radical (unpaired) electrons. The van der Waals surface area contributed by atoms with Crippen LogP contribution < -0.4 is 0 Å². The van der Waals surface area contributed by atoms with Crippen LogP contribution in [0.2, 0.25) is 0 Å². The van der Waals surface area contributed by atoms with Crippen molar-refractivity contribution in [2.75, 3.05) is 13.2 Å². The largest absolute Gasteiger partial charge is 0.466 e. The van der Waals surface area contributed by atoms with E-state index in [1.807, 2.05) is 13.0 Å². The zero-order valence-corrected chi connectivity index (χ0v) is 19.1. The van der Waals surface area contributed by atoms with Crippen LogP contribution in [0.3, 0.4) is 0 Å². The number of ether oxygens (including phenoxy) is 2. The second-order valence-electron chi connectivity index (χ2n) is 8.90. The minimum Gasteiger partial charge on any atom is -0.466 e. The van der Waals surface area contributed by atoms with Gasteiger partial charge in [0.05, 0.1) is 6.61 Å². The van der Waals surface area contributed by atoms with Crippen LogP contribution in [0.25, 0.3) is 0 Å². The number of hydrogen-bond acceptors (Lipinski definition) is 4. The highest BCUT2D eigenvalue weighted by Crippen LogP contribution is 2.45. The smallest absolute Gasteiger partial charge is 0.317 e. The van der Waals surface area contributed by atoms with Crippen molar-refractivity contribution >= 4 is 11.9 Å². The van der Waals surface area contributed by atoms with Gasteiger partial charge in [-0.1, -0.05) is 43.2 Å². The van der Waals surface area contributed by atoms with Crippen molar-refractivity contribution in [1.82, 2.24) is 0 Å². The second kappa shape index (κ2) is 12.7. The highest BCUT2D eigenvalue weighted by Gasteiger charge is 2.33. The maximum atomic E-state index is 11.5. The van der Waals surface area contributed by atoms with Crippen LogP contribution in [0.15, 0.2) is 35.5 Å². The molecule has 0 aromatic heterocycles. The molecule has 0 spiro atoms. The van der Waals surface area contributed by atoms with E-state index in [1.165, 1.54) is 42.4 Å². The topological polar surface area (TPSA) is 52.6 Å². The van der Waals surface area contributed by atoms with Gasteiger partial charge in [0, 0.05) is 0 Å². The number of carbonyl (C=O) groups is 2. The predicted octanol–water partition coefficient (Wildman–Crippen LogP) is 6.32. The van der Waals surface area contributed by atoms with Gasteiger partial charge in [-0.25, -0.2) is 0 Å². The number of carbonyl (C=O) groups excluding carboxylic acids is 2. The van der Waals surface area contributed by atoms with E-state index in [9.17, 15) is 9.59 Å². The van der Waals surface area contributed by atoms with Gasteiger partial charge in [-0.3, -0.25) is 9.59 Å². The molecule has 4 nitrogen and oxygen atoms in total. The van der Waals surface area contributed by atoms with Crippen LogP contribution in [0, 0.1) is 11.3 Å². The molecule has 0 N–H and O–H groups in total. The van der Waals surface area contributed by atoms with Crippen LogP contribution >= 0.6 is 0 Å². The second-order valence-corrected chi connectivity index (χ2v) is 8.90. The van der Waals surface area contributed by atoms with Crippen molar-refractivity contribution in [2.45, 2.75) is 86.0 Å². The van der Waals surface area contributed by atoms with E-state index in [2.05, 4.69) is 33.4 Å². The minimum absolute atomic E-state index is 0.200. The minimum atomic E-state index is -0.546. The van der Waals surface area contributed by atoms with Crippen molar-refractivity contribution in [3.8, 4) is 0 Å². The molecular formula is C25H40O4. The van der Waals surface area contributed by atoms with E-state index in [-0.39, 0.29) is 19.6 Å².